The summed E-state index contributed by atoms with van der Waals surface area (Å²) in [7, 11) is 0. The molecule has 0 bridgehead atoms. The van der Waals surface area contributed by atoms with Gasteiger partial charge in [0.25, 0.3) is 5.69 Å². The average Bonchev–Trinajstić information content (AvgIpc) is 2.94. The number of fused-ring (bicyclic) bond motifs is 1. The molecule has 0 radical (unpaired) electrons. The number of hydrogen-bond acceptors (Lipinski definition) is 5. The first-order chi connectivity index (χ1) is 11.1. The van der Waals surface area contributed by atoms with Gasteiger partial charge in [-0.25, -0.2) is 0 Å². The summed E-state index contributed by atoms with van der Waals surface area (Å²) >= 11 is 6.15. The predicted octanol–water partition coefficient (Wildman–Crippen LogP) is 2.93. The first kappa shape index (κ1) is 15.8. The maximum Gasteiger partial charge on any atom is 0.271 e. The standard InChI is InChI=1S/C15H17ClN4O3/c16-12-8-10(20(22)23)4-5-14(12)18-13-2-1-3-15-11(13)9-17-19(15)6-7-21/h4-5,8-9,13,18,21H,1-3,6-7H2/t13-/m1/s1. The Bertz CT molecular complexity index is 732. The van der Waals surface area contributed by atoms with Crippen molar-refractivity contribution < 1.29 is 10.0 Å². The van der Waals surface area contributed by atoms with E-state index in [1.807, 2.05) is 10.9 Å². The van der Waals surface area contributed by atoms with E-state index < -0.39 is 4.92 Å². The molecule has 1 aliphatic rings. The van der Waals surface area contributed by atoms with Gasteiger partial charge in [-0.2, -0.15) is 5.10 Å². The minimum absolute atomic E-state index is 0.0272. The van der Waals surface area contributed by atoms with Crippen molar-refractivity contribution in [3.05, 3.63) is 50.8 Å². The number of aromatic nitrogens is 2. The number of hydrogen-bond donors (Lipinski definition) is 2. The Balaban J connectivity index is 1.84. The Morgan fingerprint density at radius 3 is 3.04 bits per heavy atom. The van der Waals surface area contributed by atoms with Gasteiger partial charge in [0, 0.05) is 23.4 Å². The smallest absolute Gasteiger partial charge is 0.271 e. The van der Waals surface area contributed by atoms with Crippen molar-refractivity contribution in [3.63, 3.8) is 0 Å². The molecule has 0 amide bonds. The molecule has 23 heavy (non-hydrogen) atoms. The van der Waals surface area contributed by atoms with Crippen LogP contribution in [-0.4, -0.2) is 26.4 Å². The fraction of sp³-hybridized carbons (Fsp3) is 0.400. The molecule has 0 unspecified atom stereocenters. The van der Waals surface area contributed by atoms with Crippen LogP contribution in [0.15, 0.2) is 24.4 Å². The van der Waals surface area contributed by atoms with E-state index in [1.165, 1.54) is 12.1 Å². The van der Waals surface area contributed by atoms with Crippen LogP contribution in [-0.2, 0) is 13.0 Å². The van der Waals surface area contributed by atoms with Gasteiger partial charge >= 0.3 is 0 Å². The number of aliphatic hydroxyl groups excluding tert-OH is 1. The molecule has 1 heterocycles. The fourth-order valence-corrected chi connectivity index (χ4v) is 3.21. The number of benzene rings is 1. The monoisotopic (exact) mass is 336 g/mol. The highest BCUT2D eigenvalue weighted by atomic mass is 35.5. The summed E-state index contributed by atoms with van der Waals surface area (Å²) in [6, 6.07) is 4.48. The second-order valence-corrected chi connectivity index (χ2v) is 5.91. The van der Waals surface area contributed by atoms with E-state index in [1.54, 1.807) is 6.07 Å². The van der Waals surface area contributed by atoms with Crippen molar-refractivity contribution in [1.29, 1.82) is 0 Å². The van der Waals surface area contributed by atoms with Crippen molar-refractivity contribution in [1.82, 2.24) is 9.78 Å². The Hall–Kier alpha value is -2.12. The SMILES string of the molecule is O=[N+]([O-])c1ccc(N[C@@H]2CCCc3c2cnn3CCO)c(Cl)c1. The summed E-state index contributed by atoms with van der Waals surface area (Å²) in [6.45, 7) is 0.542. The van der Waals surface area contributed by atoms with E-state index in [0.717, 1.165) is 30.5 Å². The highest BCUT2D eigenvalue weighted by Gasteiger charge is 2.24. The Morgan fingerprint density at radius 2 is 2.35 bits per heavy atom. The second-order valence-electron chi connectivity index (χ2n) is 5.50. The molecule has 122 valence electrons. The molecule has 0 saturated heterocycles. The molecule has 7 nitrogen and oxygen atoms in total. The first-order valence-electron chi connectivity index (χ1n) is 7.46. The van der Waals surface area contributed by atoms with Crippen LogP contribution in [0.25, 0.3) is 0 Å². The van der Waals surface area contributed by atoms with Crippen molar-refractivity contribution in [2.45, 2.75) is 31.8 Å². The van der Waals surface area contributed by atoms with Gasteiger partial charge in [-0.15, -0.1) is 0 Å². The molecule has 8 heteroatoms. The molecule has 1 atom stereocenters. The average molecular weight is 337 g/mol. The van der Waals surface area contributed by atoms with Crippen LogP contribution in [0.1, 0.15) is 30.1 Å². The zero-order valence-corrected chi connectivity index (χ0v) is 13.2. The molecule has 0 saturated carbocycles. The minimum atomic E-state index is -0.465. The summed E-state index contributed by atoms with van der Waals surface area (Å²) in [5.41, 5.74) is 2.87. The van der Waals surface area contributed by atoms with E-state index in [-0.39, 0.29) is 18.3 Å². The van der Waals surface area contributed by atoms with Crippen LogP contribution in [0.4, 0.5) is 11.4 Å². The number of anilines is 1. The first-order valence-corrected chi connectivity index (χ1v) is 7.84. The third-order valence-electron chi connectivity index (χ3n) is 4.07. The lowest BCUT2D eigenvalue weighted by molar-refractivity contribution is -0.384. The Morgan fingerprint density at radius 1 is 1.52 bits per heavy atom. The molecule has 0 spiro atoms. The number of nitrogens with zero attached hydrogens (tertiary/aromatic N) is 3. The number of nitro groups is 1. The lowest BCUT2D eigenvalue weighted by Crippen LogP contribution is -2.19. The molecule has 1 aromatic carbocycles. The lowest BCUT2D eigenvalue weighted by atomic mass is 9.92. The summed E-state index contributed by atoms with van der Waals surface area (Å²) in [5, 5.41) is 27.9. The molecule has 3 rings (SSSR count). The van der Waals surface area contributed by atoms with Gasteiger partial charge < -0.3 is 10.4 Å². The Labute approximate surface area is 138 Å². The third kappa shape index (κ3) is 3.16. The number of rotatable bonds is 5. The van der Waals surface area contributed by atoms with E-state index in [0.29, 0.717) is 17.3 Å². The predicted molar refractivity (Wildman–Crippen MR) is 86.7 cm³/mol. The normalized spacial score (nSPS) is 16.9. The molecule has 1 aromatic heterocycles. The van der Waals surface area contributed by atoms with Crippen molar-refractivity contribution in [2.24, 2.45) is 0 Å². The number of halogens is 1. The summed E-state index contributed by atoms with van der Waals surface area (Å²) in [6.07, 6.45) is 4.69. The largest absolute Gasteiger partial charge is 0.394 e. The zero-order chi connectivity index (χ0) is 16.4. The van der Waals surface area contributed by atoms with E-state index in [4.69, 9.17) is 16.7 Å². The maximum atomic E-state index is 10.8. The molecular weight excluding hydrogens is 320 g/mol. The highest BCUT2D eigenvalue weighted by Crippen LogP contribution is 2.35. The number of non-ortho nitro benzene ring substituents is 1. The van der Waals surface area contributed by atoms with Crippen LogP contribution < -0.4 is 5.32 Å². The van der Waals surface area contributed by atoms with Crippen molar-refractivity contribution in [3.8, 4) is 0 Å². The van der Waals surface area contributed by atoms with Gasteiger partial charge in [-0.3, -0.25) is 14.8 Å². The topological polar surface area (TPSA) is 93.2 Å². The lowest BCUT2D eigenvalue weighted by Gasteiger charge is -2.25. The quantitative estimate of drug-likeness (QED) is 0.646. The van der Waals surface area contributed by atoms with Gasteiger partial charge in [0.05, 0.1) is 41.0 Å². The molecule has 1 aliphatic carbocycles. The fourth-order valence-electron chi connectivity index (χ4n) is 2.98. The zero-order valence-electron chi connectivity index (χ0n) is 12.4. The van der Waals surface area contributed by atoms with Crippen molar-refractivity contribution in [2.75, 3.05) is 11.9 Å². The van der Waals surface area contributed by atoms with Crippen LogP contribution in [0, 0.1) is 10.1 Å². The number of nitro benzene ring substituents is 1. The second kappa shape index (κ2) is 6.55. The van der Waals surface area contributed by atoms with Crippen LogP contribution in [0.3, 0.4) is 0 Å². The van der Waals surface area contributed by atoms with E-state index in [9.17, 15) is 10.1 Å². The summed E-state index contributed by atoms with van der Waals surface area (Å²) in [4.78, 5) is 10.3. The van der Waals surface area contributed by atoms with Crippen LogP contribution in [0.2, 0.25) is 5.02 Å². The van der Waals surface area contributed by atoms with Crippen LogP contribution >= 0.6 is 11.6 Å². The highest BCUT2D eigenvalue weighted by molar-refractivity contribution is 6.33. The van der Waals surface area contributed by atoms with Gasteiger partial charge in [-0.1, -0.05) is 11.6 Å². The molecule has 0 fully saturated rings. The third-order valence-corrected chi connectivity index (χ3v) is 4.38. The molecular formula is C15H17ClN4O3. The molecule has 0 aliphatic heterocycles. The van der Waals surface area contributed by atoms with Gasteiger partial charge in [0.1, 0.15) is 0 Å². The number of nitrogens with one attached hydrogen (secondary N) is 1. The summed E-state index contributed by atoms with van der Waals surface area (Å²) in [5.74, 6) is 0. The van der Waals surface area contributed by atoms with E-state index >= 15 is 0 Å². The molecule has 2 aromatic rings. The van der Waals surface area contributed by atoms with Crippen molar-refractivity contribution >= 4 is 23.0 Å². The Kier molecular flexibility index (Phi) is 4.49. The maximum absolute atomic E-state index is 10.8. The summed E-state index contributed by atoms with van der Waals surface area (Å²) < 4.78 is 1.83. The molecule has 2 N–H and O–H groups in total. The van der Waals surface area contributed by atoms with Gasteiger partial charge in [-0.05, 0) is 25.3 Å². The van der Waals surface area contributed by atoms with Crippen LogP contribution in [0.5, 0.6) is 0 Å². The minimum Gasteiger partial charge on any atom is -0.394 e. The van der Waals surface area contributed by atoms with Gasteiger partial charge in [0.2, 0.25) is 0 Å². The van der Waals surface area contributed by atoms with Gasteiger partial charge in [0.15, 0.2) is 0 Å². The van der Waals surface area contributed by atoms with E-state index in [2.05, 4.69) is 10.4 Å². The number of aliphatic hydroxyl groups is 1.